The first-order valence-electron chi connectivity index (χ1n) is 8.74. The Kier molecular flexibility index (Phi) is 4.39. The number of hydrogen-bond donors (Lipinski definition) is 1. The quantitative estimate of drug-likeness (QED) is 0.407. The SMILES string of the molecule is Cc1ccc(/C(O)=C2\C(=O)C(=O)N(c3nc(C)c(C)s3)[C@@H]2c2ccco2)cc1. The summed E-state index contributed by atoms with van der Waals surface area (Å²) in [5, 5.41) is 11.3. The van der Waals surface area contributed by atoms with Crippen LogP contribution in [0.1, 0.15) is 33.5 Å². The number of benzene rings is 1. The van der Waals surface area contributed by atoms with Crippen LogP contribution >= 0.6 is 11.3 Å². The van der Waals surface area contributed by atoms with Gasteiger partial charge in [0.1, 0.15) is 17.6 Å². The Bertz CT molecular complexity index is 1070. The summed E-state index contributed by atoms with van der Waals surface area (Å²) in [5.74, 6) is -1.33. The molecule has 4 rings (SSSR count). The fraction of sp³-hybridized carbons (Fsp3) is 0.190. The number of aliphatic hydroxyl groups is 1. The van der Waals surface area contributed by atoms with Gasteiger partial charge in [0.2, 0.25) is 0 Å². The van der Waals surface area contributed by atoms with Crippen LogP contribution in [-0.4, -0.2) is 21.8 Å². The van der Waals surface area contributed by atoms with Gasteiger partial charge in [0.25, 0.3) is 5.78 Å². The molecule has 28 heavy (non-hydrogen) atoms. The van der Waals surface area contributed by atoms with Crippen molar-refractivity contribution in [3.8, 4) is 0 Å². The lowest BCUT2D eigenvalue weighted by atomic mass is 9.99. The number of thiazole rings is 1. The largest absolute Gasteiger partial charge is 0.507 e. The van der Waals surface area contributed by atoms with Crippen LogP contribution in [-0.2, 0) is 9.59 Å². The molecule has 1 fully saturated rings. The molecule has 142 valence electrons. The van der Waals surface area contributed by atoms with E-state index in [2.05, 4.69) is 4.98 Å². The molecule has 3 heterocycles. The number of amides is 1. The Morgan fingerprint density at radius 2 is 1.86 bits per heavy atom. The van der Waals surface area contributed by atoms with Gasteiger partial charge in [-0.15, -0.1) is 11.3 Å². The number of aromatic nitrogens is 1. The molecule has 1 N–H and O–H groups in total. The summed E-state index contributed by atoms with van der Waals surface area (Å²) in [6, 6.07) is 9.59. The van der Waals surface area contributed by atoms with E-state index in [0.717, 1.165) is 16.1 Å². The lowest BCUT2D eigenvalue weighted by Crippen LogP contribution is -2.29. The summed E-state index contributed by atoms with van der Waals surface area (Å²) < 4.78 is 5.52. The van der Waals surface area contributed by atoms with Crippen molar-refractivity contribution in [2.75, 3.05) is 4.90 Å². The van der Waals surface area contributed by atoms with Crippen LogP contribution in [0.4, 0.5) is 5.13 Å². The van der Waals surface area contributed by atoms with Crippen molar-refractivity contribution in [2.45, 2.75) is 26.8 Å². The summed E-state index contributed by atoms with van der Waals surface area (Å²) in [7, 11) is 0. The normalized spacial score (nSPS) is 18.8. The minimum Gasteiger partial charge on any atom is -0.507 e. The van der Waals surface area contributed by atoms with Crippen molar-refractivity contribution < 1.29 is 19.1 Å². The number of aryl methyl sites for hydroxylation is 3. The van der Waals surface area contributed by atoms with E-state index in [9.17, 15) is 14.7 Å². The summed E-state index contributed by atoms with van der Waals surface area (Å²) in [6.45, 7) is 5.68. The monoisotopic (exact) mass is 394 g/mol. The van der Waals surface area contributed by atoms with Crippen molar-refractivity contribution in [3.05, 3.63) is 75.7 Å². The van der Waals surface area contributed by atoms with Gasteiger partial charge in [-0.3, -0.25) is 14.5 Å². The molecular formula is C21H18N2O4S. The lowest BCUT2D eigenvalue weighted by molar-refractivity contribution is -0.132. The van der Waals surface area contributed by atoms with Gasteiger partial charge in [-0.25, -0.2) is 4.98 Å². The molecule has 0 radical (unpaired) electrons. The zero-order valence-corrected chi connectivity index (χ0v) is 16.4. The molecule has 0 bridgehead atoms. The molecule has 6 nitrogen and oxygen atoms in total. The Labute approximate surface area is 165 Å². The first-order chi connectivity index (χ1) is 13.4. The number of ketones is 1. The average molecular weight is 394 g/mol. The van der Waals surface area contributed by atoms with Crippen LogP contribution in [0.15, 0.2) is 52.7 Å². The fourth-order valence-corrected chi connectivity index (χ4v) is 4.11. The molecule has 0 saturated carbocycles. The second-order valence-electron chi connectivity index (χ2n) is 6.69. The van der Waals surface area contributed by atoms with Crippen molar-refractivity contribution in [1.82, 2.24) is 4.98 Å². The summed E-state index contributed by atoms with van der Waals surface area (Å²) in [4.78, 5) is 32.5. The highest BCUT2D eigenvalue weighted by Gasteiger charge is 2.49. The molecule has 1 aromatic carbocycles. The number of carbonyl (C=O) groups is 2. The standard InChI is InChI=1S/C21H18N2O4S/c1-11-6-8-14(9-7-11)18(24)16-17(15-5-4-10-27-15)23(20(26)19(16)25)21-22-12(2)13(3)28-21/h4-10,17,24H,1-3H3/b18-16+/t17-/m1/s1. The molecule has 0 spiro atoms. The molecule has 0 unspecified atom stereocenters. The zero-order valence-electron chi connectivity index (χ0n) is 15.6. The molecule has 1 aliphatic rings. The predicted octanol–water partition coefficient (Wildman–Crippen LogP) is 4.29. The van der Waals surface area contributed by atoms with Crippen LogP contribution in [0, 0.1) is 20.8 Å². The Morgan fingerprint density at radius 1 is 1.14 bits per heavy atom. The highest BCUT2D eigenvalue weighted by molar-refractivity contribution is 7.16. The maximum absolute atomic E-state index is 12.9. The van der Waals surface area contributed by atoms with Gasteiger partial charge in [-0.2, -0.15) is 0 Å². The van der Waals surface area contributed by atoms with Gasteiger partial charge >= 0.3 is 5.91 Å². The first kappa shape index (κ1) is 18.2. The molecule has 0 aliphatic carbocycles. The third-order valence-corrected chi connectivity index (χ3v) is 5.88. The molecule has 3 aromatic rings. The number of anilines is 1. The van der Waals surface area contributed by atoms with Crippen molar-refractivity contribution >= 4 is 33.9 Å². The highest BCUT2D eigenvalue weighted by Crippen LogP contribution is 2.43. The number of rotatable bonds is 3. The van der Waals surface area contributed by atoms with Crippen LogP contribution < -0.4 is 4.90 Å². The Balaban J connectivity index is 1.92. The molecule has 1 aliphatic heterocycles. The lowest BCUT2D eigenvalue weighted by Gasteiger charge is -2.20. The number of nitrogens with zero attached hydrogens (tertiary/aromatic N) is 2. The highest BCUT2D eigenvalue weighted by atomic mass is 32.1. The summed E-state index contributed by atoms with van der Waals surface area (Å²) >= 11 is 1.33. The molecule has 2 aromatic heterocycles. The predicted molar refractivity (Wildman–Crippen MR) is 106 cm³/mol. The van der Waals surface area contributed by atoms with Crippen molar-refractivity contribution in [2.24, 2.45) is 0 Å². The van der Waals surface area contributed by atoms with Crippen molar-refractivity contribution in [3.63, 3.8) is 0 Å². The molecule has 1 atom stereocenters. The second kappa shape index (κ2) is 6.76. The van der Waals surface area contributed by atoms with Gasteiger partial charge in [0, 0.05) is 10.4 Å². The molecule has 7 heteroatoms. The smallest absolute Gasteiger partial charge is 0.302 e. The number of aliphatic hydroxyl groups excluding tert-OH is 1. The maximum atomic E-state index is 12.9. The van der Waals surface area contributed by atoms with E-state index in [1.54, 1.807) is 24.3 Å². The fourth-order valence-electron chi connectivity index (χ4n) is 3.17. The number of furan rings is 1. The van der Waals surface area contributed by atoms with Gasteiger partial charge < -0.3 is 9.52 Å². The van der Waals surface area contributed by atoms with Gasteiger partial charge in [-0.1, -0.05) is 29.8 Å². The second-order valence-corrected chi connectivity index (χ2v) is 7.87. The van der Waals surface area contributed by atoms with Crippen LogP contribution in [0.2, 0.25) is 0 Å². The van der Waals surface area contributed by atoms with Crippen LogP contribution in [0.5, 0.6) is 0 Å². The van der Waals surface area contributed by atoms with Crippen molar-refractivity contribution in [1.29, 1.82) is 0 Å². The molecule has 1 saturated heterocycles. The van der Waals surface area contributed by atoms with E-state index in [1.807, 2.05) is 32.9 Å². The Morgan fingerprint density at radius 3 is 2.43 bits per heavy atom. The van der Waals surface area contributed by atoms with Crippen LogP contribution in [0.3, 0.4) is 0 Å². The maximum Gasteiger partial charge on any atom is 0.302 e. The Hall–Kier alpha value is -3.19. The molecular weight excluding hydrogens is 376 g/mol. The summed E-state index contributed by atoms with van der Waals surface area (Å²) in [5.41, 5.74) is 2.27. The molecule has 1 amide bonds. The van der Waals surface area contributed by atoms with E-state index in [0.29, 0.717) is 16.5 Å². The van der Waals surface area contributed by atoms with E-state index in [4.69, 9.17) is 4.42 Å². The number of hydrogen-bond acceptors (Lipinski definition) is 6. The van der Waals surface area contributed by atoms with Crippen LogP contribution in [0.25, 0.3) is 5.76 Å². The number of Topliss-reactive ketones (excluding diaryl/α,β-unsaturated/α-hetero) is 1. The first-order valence-corrected chi connectivity index (χ1v) is 9.55. The summed E-state index contributed by atoms with van der Waals surface area (Å²) in [6.07, 6.45) is 1.47. The number of carbonyl (C=O) groups excluding carboxylic acids is 2. The van der Waals surface area contributed by atoms with E-state index < -0.39 is 17.7 Å². The van der Waals surface area contributed by atoms with E-state index >= 15 is 0 Å². The third kappa shape index (κ3) is 2.84. The van der Waals surface area contributed by atoms with E-state index in [1.165, 1.54) is 22.5 Å². The third-order valence-electron chi connectivity index (χ3n) is 4.81. The minimum atomic E-state index is -0.874. The average Bonchev–Trinajstić information content (AvgIpc) is 3.36. The van der Waals surface area contributed by atoms with E-state index in [-0.39, 0.29) is 11.3 Å². The minimum absolute atomic E-state index is 0.00527. The van der Waals surface area contributed by atoms with Gasteiger partial charge in [-0.05, 0) is 32.9 Å². The van der Waals surface area contributed by atoms with Gasteiger partial charge in [0.05, 0.1) is 17.5 Å². The zero-order chi connectivity index (χ0) is 20.0. The topological polar surface area (TPSA) is 83.6 Å². The van der Waals surface area contributed by atoms with Gasteiger partial charge in [0.15, 0.2) is 5.13 Å².